The number of methoxy groups -OCH3 is 1. The number of hydrogen-bond donors (Lipinski definition) is 2. The molecule has 0 atom stereocenters. The fraction of sp³-hybridized carbons (Fsp3) is 0.0833. The second kappa shape index (κ2) is 11.1. The minimum Gasteiger partial charge on any atom is -0.497 e. The van der Waals surface area contributed by atoms with E-state index in [1.807, 2.05) is 0 Å². The van der Waals surface area contributed by atoms with Gasteiger partial charge in [-0.3, -0.25) is 9.59 Å². The Hall–Kier alpha value is -4.24. The number of carbonyl (C=O) groups is 3. The molecule has 0 aliphatic carbocycles. The summed E-state index contributed by atoms with van der Waals surface area (Å²) in [6, 6.07) is 16.5. The number of hydrazone groups is 1. The van der Waals surface area contributed by atoms with Gasteiger partial charge in [0.25, 0.3) is 0 Å². The number of benzene rings is 3. The van der Waals surface area contributed by atoms with E-state index >= 15 is 0 Å². The van der Waals surface area contributed by atoms with Gasteiger partial charge in [0.2, 0.25) is 0 Å². The highest BCUT2D eigenvalue weighted by atomic mass is 35.5. The van der Waals surface area contributed by atoms with Crippen molar-refractivity contribution in [2.45, 2.75) is 6.92 Å². The molecular weight excluding hydrogens is 465 g/mol. The molecule has 0 bridgehead atoms. The molecule has 10 heteroatoms. The molecule has 0 fully saturated rings. The number of halogens is 2. The second-order valence-corrected chi connectivity index (χ2v) is 7.25. The van der Waals surface area contributed by atoms with Crippen LogP contribution in [0.3, 0.4) is 0 Å². The molecule has 8 nitrogen and oxygen atoms in total. The van der Waals surface area contributed by atoms with E-state index in [4.69, 9.17) is 21.1 Å². The lowest BCUT2D eigenvalue weighted by molar-refractivity contribution is -0.136. The third-order valence-corrected chi connectivity index (χ3v) is 4.78. The molecule has 0 aromatic heterocycles. The molecule has 3 rings (SSSR count). The van der Waals surface area contributed by atoms with E-state index < -0.39 is 23.6 Å². The average molecular weight is 484 g/mol. The number of nitrogens with one attached hydrogen (secondary N) is 2. The zero-order valence-electron chi connectivity index (χ0n) is 18.1. The van der Waals surface area contributed by atoms with Gasteiger partial charge in [0, 0.05) is 11.3 Å². The summed E-state index contributed by atoms with van der Waals surface area (Å²) in [5.74, 6) is -2.65. The predicted molar refractivity (Wildman–Crippen MR) is 125 cm³/mol. The van der Waals surface area contributed by atoms with Gasteiger partial charge >= 0.3 is 17.8 Å². The lowest BCUT2D eigenvalue weighted by Crippen LogP contribution is -2.33. The molecule has 0 saturated heterocycles. The molecule has 3 aromatic carbocycles. The van der Waals surface area contributed by atoms with Crippen LogP contribution in [-0.2, 0) is 9.59 Å². The molecule has 3 aromatic rings. The maximum absolute atomic E-state index is 13.2. The van der Waals surface area contributed by atoms with Crippen molar-refractivity contribution in [3.8, 4) is 11.5 Å². The Bertz CT molecular complexity index is 1280. The Morgan fingerprint density at radius 3 is 2.47 bits per heavy atom. The smallest absolute Gasteiger partial charge is 0.343 e. The summed E-state index contributed by atoms with van der Waals surface area (Å²) in [6.07, 6.45) is 0. The van der Waals surface area contributed by atoms with Gasteiger partial charge in [-0.2, -0.15) is 5.10 Å². The van der Waals surface area contributed by atoms with Crippen LogP contribution in [0.1, 0.15) is 22.8 Å². The lowest BCUT2D eigenvalue weighted by atomic mass is 10.1. The Kier molecular flexibility index (Phi) is 7.94. The summed E-state index contributed by atoms with van der Waals surface area (Å²) < 4.78 is 23.8. The van der Waals surface area contributed by atoms with Crippen LogP contribution in [0.25, 0.3) is 0 Å². The highest BCUT2D eigenvalue weighted by molar-refractivity contribution is 6.40. The van der Waals surface area contributed by atoms with Gasteiger partial charge in [0.15, 0.2) is 0 Å². The van der Waals surface area contributed by atoms with E-state index in [9.17, 15) is 18.8 Å². The molecule has 0 heterocycles. The first kappa shape index (κ1) is 24.4. The largest absolute Gasteiger partial charge is 0.497 e. The Labute approximate surface area is 199 Å². The van der Waals surface area contributed by atoms with Crippen LogP contribution < -0.4 is 20.2 Å². The van der Waals surface area contributed by atoms with E-state index in [0.717, 1.165) is 6.07 Å². The van der Waals surface area contributed by atoms with Gasteiger partial charge in [-0.1, -0.05) is 29.8 Å². The number of carbonyl (C=O) groups excluding carboxylic acids is 3. The number of hydrogen-bond acceptors (Lipinski definition) is 6. The molecule has 0 unspecified atom stereocenters. The van der Waals surface area contributed by atoms with Crippen molar-refractivity contribution in [2.24, 2.45) is 5.10 Å². The molecule has 0 spiro atoms. The second-order valence-electron chi connectivity index (χ2n) is 6.84. The van der Waals surface area contributed by atoms with Crippen molar-refractivity contribution in [1.29, 1.82) is 0 Å². The van der Waals surface area contributed by atoms with Crippen molar-refractivity contribution in [1.82, 2.24) is 5.43 Å². The highest BCUT2D eigenvalue weighted by Crippen LogP contribution is 2.22. The minimum atomic E-state index is -1.06. The van der Waals surface area contributed by atoms with Gasteiger partial charge < -0.3 is 14.8 Å². The number of esters is 1. The van der Waals surface area contributed by atoms with Gasteiger partial charge in [-0.05, 0) is 55.5 Å². The van der Waals surface area contributed by atoms with Gasteiger partial charge in [-0.25, -0.2) is 14.6 Å². The number of nitrogens with zero attached hydrogens (tertiary/aromatic N) is 1. The van der Waals surface area contributed by atoms with E-state index in [0.29, 0.717) is 11.3 Å². The first-order chi connectivity index (χ1) is 16.3. The summed E-state index contributed by atoms with van der Waals surface area (Å²) in [6.45, 7) is 1.57. The molecule has 2 amide bonds. The SMILES string of the molecule is COc1cccc(C(=O)Oc2ccccc2/C(C)=N/NC(=O)C(=O)Nc2ccc(F)c(Cl)c2)c1. The van der Waals surface area contributed by atoms with Gasteiger partial charge in [-0.15, -0.1) is 0 Å². The predicted octanol–water partition coefficient (Wildman–Crippen LogP) is 4.19. The zero-order chi connectivity index (χ0) is 24.7. The molecule has 0 aliphatic heterocycles. The number of para-hydroxylation sites is 1. The number of rotatable bonds is 6. The molecule has 174 valence electrons. The van der Waals surface area contributed by atoms with Crippen molar-refractivity contribution in [3.63, 3.8) is 0 Å². The summed E-state index contributed by atoms with van der Waals surface area (Å²) in [4.78, 5) is 36.7. The van der Waals surface area contributed by atoms with Crippen molar-refractivity contribution in [2.75, 3.05) is 12.4 Å². The number of amides is 2. The summed E-state index contributed by atoms with van der Waals surface area (Å²) in [5, 5.41) is 6.00. The van der Waals surface area contributed by atoms with Crippen molar-refractivity contribution < 1.29 is 28.2 Å². The minimum absolute atomic E-state index is 0.141. The normalized spacial score (nSPS) is 10.9. The highest BCUT2D eigenvalue weighted by Gasteiger charge is 2.16. The van der Waals surface area contributed by atoms with Crippen LogP contribution in [0, 0.1) is 5.82 Å². The van der Waals surface area contributed by atoms with Crippen LogP contribution in [0.4, 0.5) is 10.1 Å². The van der Waals surface area contributed by atoms with E-state index in [1.165, 1.54) is 19.2 Å². The Balaban J connectivity index is 1.69. The average Bonchev–Trinajstić information content (AvgIpc) is 2.84. The van der Waals surface area contributed by atoms with Crippen molar-refractivity contribution >= 4 is 40.8 Å². The van der Waals surface area contributed by atoms with Crippen molar-refractivity contribution in [3.05, 3.63) is 88.7 Å². The fourth-order valence-electron chi connectivity index (χ4n) is 2.77. The number of anilines is 1. The molecule has 0 radical (unpaired) electrons. The van der Waals surface area contributed by atoms with Gasteiger partial charge in [0.05, 0.1) is 23.4 Å². The monoisotopic (exact) mass is 483 g/mol. The molecular formula is C24H19ClFN3O5. The van der Waals surface area contributed by atoms with Crippen LogP contribution in [-0.4, -0.2) is 30.6 Å². The maximum atomic E-state index is 13.2. The van der Waals surface area contributed by atoms with Crippen LogP contribution in [0.15, 0.2) is 71.8 Å². The lowest BCUT2D eigenvalue weighted by Gasteiger charge is -2.11. The zero-order valence-corrected chi connectivity index (χ0v) is 18.9. The summed E-state index contributed by atoms with van der Waals surface area (Å²) >= 11 is 5.66. The number of ether oxygens (including phenoxy) is 2. The summed E-state index contributed by atoms with van der Waals surface area (Å²) in [7, 11) is 1.49. The molecule has 0 saturated carbocycles. The topological polar surface area (TPSA) is 106 Å². The van der Waals surface area contributed by atoms with Gasteiger partial charge in [0.1, 0.15) is 17.3 Å². The summed E-state index contributed by atoms with van der Waals surface area (Å²) in [5.41, 5.74) is 3.25. The fourth-order valence-corrected chi connectivity index (χ4v) is 2.95. The van der Waals surface area contributed by atoms with Crippen LogP contribution >= 0.6 is 11.6 Å². The first-order valence-corrected chi connectivity index (χ1v) is 10.2. The van der Waals surface area contributed by atoms with Crippen LogP contribution in [0.2, 0.25) is 5.02 Å². The Morgan fingerprint density at radius 2 is 1.74 bits per heavy atom. The van der Waals surface area contributed by atoms with E-state index in [2.05, 4.69) is 15.8 Å². The molecule has 34 heavy (non-hydrogen) atoms. The molecule has 0 aliphatic rings. The third kappa shape index (κ3) is 6.17. The quantitative estimate of drug-likeness (QED) is 0.180. The van der Waals surface area contributed by atoms with E-state index in [1.54, 1.807) is 55.5 Å². The Morgan fingerprint density at radius 1 is 0.971 bits per heavy atom. The maximum Gasteiger partial charge on any atom is 0.343 e. The third-order valence-electron chi connectivity index (χ3n) is 4.49. The molecule has 2 N–H and O–H groups in total. The van der Waals surface area contributed by atoms with Crippen LogP contribution in [0.5, 0.6) is 11.5 Å². The van der Waals surface area contributed by atoms with E-state index in [-0.39, 0.29) is 27.7 Å². The first-order valence-electron chi connectivity index (χ1n) is 9.84. The standard InChI is InChI=1S/C24H19ClFN3O5/c1-14(28-29-23(31)22(30)27-16-10-11-20(26)19(25)13-16)18-8-3-4-9-21(18)34-24(32)15-6-5-7-17(12-15)33-2/h3-13H,1-2H3,(H,27,30)(H,29,31)/b28-14+.